The van der Waals surface area contributed by atoms with Crippen LogP contribution in [0.1, 0.15) is 31.4 Å². The third-order valence-corrected chi connectivity index (χ3v) is 5.59. The number of amides is 2. The van der Waals surface area contributed by atoms with Crippen molar-refractivity contribution in [3.8, 4) is 5.75 Å². The number of ether oxygens (including phenoxy) is 1. The van der Waals surface area contributed by atoms with Gasteiger partial charge in [-0.2, -0.15) is 0 Å². The van der Waals surface area contributed by atoms with Crippen LogP contribution in [-0.4, -0.2) is 60.2 Å². The van der Waals surface area contributed by atoms with Crippen molar-refractivity contribution in [1.29, 1.82) is 0 Å². The highest BCUT2D eigenvalue weighted by Gasteiger charge is 2.43. The van der Waals surface area contributed by atoms with Crippen LogP contribution < -0.4 is 10.1 Å². The second kappa shape index (κ2) is 6.28. The molecular weight excluding hydrogens is 302 g/mol. The highest BCUT2D eigenvalue weighted by molar-refractivity contribution is 5.78. The largest absolute Gasteiger partial charge is 0.493 e. The molecule has 0 saturated carbocycles. The van der Waals surface area contributed by atoms with Crippen LogP contribution in [0.5, 0.6) is 5.75 Å². The Kier molecular flexibility index (Phi) is 4.12. The van der Waals surface area contributed by atoms with E-state index in [0.29, 0.717) is 6.04 Å². The highest BCUT2D eigenvalue weighted by atomic mass is 16.5. The predicted molar refractivity (Wildman–Crippen MR) is 93.5 cm³/mol. The van der Waals surface area contributed by atoms with E-state index < -0.39 is 0 Å². The summed E-state index contributed by atoms with van der Waals surface area (Å²) >= 11 is 0. The summed E-state index contributed by atoms with van der Waals surface area (Å²) in [6.07, 6.45) is 3.17. The molecule has 3 aliphatic rings. The summed E-state index contributed by atoms with van der Waals surface area (Å²) in [4.78, 5) is 16.7. The van der Waals surface area contributed by atoms with Gasteiger partial charge in [0.15, 0.2) is 0 Å². The first-order valence-corrected chi connectivity index (χ1v) is 9.17. The van der Waals surface area contributed by atoms with Gasteiger partial charge in [-0.25, -0.2) is 4.79 Å². The number of nitrogens with one attached hydrogen (secondary N) is 1. The number of fused-ring (bicyclic) bond motifs is 2. The fourth-order valence-electron chi connectivity index (χ4n) is 4.37. The minimum absolute atomic E-state index is 0.112. The Bertz CT molecular complexity index is 631. The lowest BCUT2D eigenvalue weighted by Crippen LogP contribution is -2.52. The van der Waals surface area contributed by atoms with Gasteiger partial charge in [0.1, 0.15) is 5.75 Å². The lowest BCUT2D eigenvalue weighted by molar-refractivity contribution is 0.127. The van der Waals surface area contributed by atoms with Crippen LogP contribution in [0.4, 0.5) is 4.79 Å². The number of urea groups is 1. The molecule has 0 bridgehead atoms. The molecule has 1 aromatic carbocycles. The second-order valence-corrected chi connectivity index (χ2v) is 7.50. The van der Waals surface area contributed by atoms with Crippen LogP contribution in [0.25, 0.3) is 0 Å². The first kappa shape index (κ1) is 15.8. The summed E-state index contributed by atoms with van der Waals surface area (Å²) in [5.41, 5.74) is 2.74. The third-order valence-electron chi connectivity index (χ3n) is 5.59. The van der Waals surface area contributed by atoms with Crippen LogP contribution in [-0.2, 0) is 12.8 Å². The summed E-state index contributed by atoms with van der Waals surface area (Å²) in [5.74, 6) is 1.06. The number of carbonyl (C=O) groups excluding carboxylic acids is 1. The van der Waals surface area contributed by atoms with Crippen molar-refractivity contribution < 1.29 is 9.53 Å². The summed E-state index contributed by atoms with van der Waals surface area (Å²) in [6.45, 7) is 8.12. The van der Waals surface area contributed by atoms with Crippen LogP contribution >= 0.6 is 0 Å². The number of benzene rings is 1. The topological polar surface area (TPSA) is 44.8 Å². The van der Waals surface area contributed by atoms with Crippen molar-refractivity contribution in [2.75, 3.05) is 26.2 Å². The monoisotopic (exact) mass is 329 g/mol. The second-order valence-electron chi connectivity index (χ2n) is 7.50. The maximum atomic E-state index is 12.2. The molecule has 5 nitrogen and oxygen atoms in total. The van der Waals surface area contributed by atoms with Gasteiger partial charge in [0.2, 0.25) is 0 Å². The van der Waals surface area contributed by atoms with Gasteiger partial charge in [-0.05, 0) is 43.9 Å². The molecule has 0 radical (unpaired) electrons. The van der Waals surface area contributed by atoms with E-state index in [9.17, 15) is 4.79 Å². The van der Waals surface area contributed by atoms with Gasteiger partial charge in [0, 0.05) is 32.1 Å². The van der Waals surface area contributed by atoms with E-state index in [1.807, 2.05) is 4.90 Å². The minimum Gasteiger partial charge on any atom is -0.493 e. The first-order chi connectivity index (χ1) is 11.6. The average molecular weight is 329 g/mol. The van der Waals surface area contributed by atoms with E-state index in [0.717, 1.165) is 51.3 Å². The third kappa shape index (κ3) is 2.86. The van der Waals surface area contributed by atoms with E-state index in [4.69, 9.17) is 4.74 Å². The molecule has 2 fully saturated rings. The molecule has 24 heavy (non-hydrogen) atoms. The van der Waals surface area contributed by atoms with E-state index in [2.05, 4.69) is 42.3 Å². The molecule has 5 heteroatoms. The van der Waals surface area contributed by atoms with E-state index in [-0.39, 0.29) is 18.1 Å². The van der Waals surface area contributed by atoms with Gasteiger partial charge in [0.05, 0.1) is 18.7 Å². The van der Waals surface area contributed by atoms with Gasteiger partial charge in [-0.15, -0.1) is 0 Å². The van der Waals surface area contributed by atoms with E-state index in [1.165, 1.54) is 11.1 Å². The fourth-order valence-corrected chi connectivity index (χ4v) is 4.37. The fraction of sp³-hybridized carbons (Fsp3) is 0.632. The molecule has 0 aliphatic carbocycles. The van der Waals surface area contributed by atoms with Crippen molar-refractivity contribution in [1.82, 2.24) is 15.1 Å². The number of nitrogens with zero attached hydrogens (tertiary/aromatic N) is 2. The Labute approximate surface area is 144 Å². The zero-order valence-corrected chi connectivity index (χ0v) is 14.6. The van der Waals surface area contributed by atoms with Crippen LogP contribution in [0.15, 0.2) is 18.2 Å². The minimum atomic E-state index is 0.112. The first-order valence-electron chi connectivity index (χ1n) is 9.17. The lowest BCUT2D eigenvalue weighted by atomic mass is 9.98. The van der Waals surface area contributed by atoms with Gasteiger partial charge in [-0.1, -0.05) is 12.1 Å². The molecule has 2 saturated heterocycles. The van der Waals surface area contributed by atoms with Crippen molar-refractivity contribution in [2.24, 2.45) is 0 Å². The number of piperidine rings is 1. The SMILES string of the molecule is CC(C)N1C(=O)N[C@@H]2CN(CCc3ccc4c(c3)CCO4)CC[C@@H]21. The van der Waals surface area contributed by atoms with Gasteiger partial charge in [-0.3, -0.25) is 0 Å². The van der Waals surface area contributed by atoms with Gasteiger partial charge >= 0.3 is 6.03 Å². The normalized spacial score (nSPS) is 26.3. The lowest BCUT2D eigenvalue weighted by Gasteiger charge is -2.38. The maximum absolute atomic E-state index is 12.2. The molecule has 0 spiro atoms. The Balaban J connectivity index is 1.34. The summed E-state index contributed by atoms with van der Waals surface area (Å²) in [7, 11) is 0. The zero-order valence-electron chi connectivity index (χ0n) is 14.6. The molecule has 1 N–H and O–H groups in total. The molecule has 3 heterocycles. The number of rotatable bonds is 4. The van der Waals surface area contributed by atoms with Crippen LogP contribution in [0, 0.1) is 0 Å². The van der Waals surface area contributed by atoms with E-state index in [1.54, 1.807) is 0 Å². The molecule has 130 valence electrons. The highest BCUT2D eigenvalue weighted by Crippen LogP contribution is 2.27. The molecule has 2 amide bonds. The predicted octanol–water partition coefficient (Wildman–Crippen LogP) is 2.04. The zero-order chi connectivity index (χ0) is 16.7. The number of likely N-dealkylation sites (tertiary alicyclic amines) is 1. The number of hydrogen-bond acceptors (Lipinski definition) is 3. The Morgan fingerprint density at radius 2 is 2.25 bits per heavy atom. The smallest absolute Gasteiger partial charge is 0.318 e. The van der Waals surface area contributed by atoms with Crippen molar-refractivity contribution >= 4 is 6.03 Å². The van der Waals surface area contributed by atoms with Gasteiger partial charge in [0.25, 0.3) is 0 Å². The molecule has 4 rings (SSSR count). The van der Waals surface area contributed by atoms with Crippen molar-refractivity contribution in [2.45, 2.75) is 51.2 Å². The quantitative estimate of drug-likeness (QED) is 0.919. The Morgan fingerprint density at radius 3 is 3.08 bits per heavy atom. The van der Waals surface area contributed by atoms with Crippen molar-refractivity contribution in [3.63, 3.8) is 0 Å². The Morgan fingerprint density at radius 1 is 1.38 bits per heavy atom. The van der Waals surface area contributed by atoms with E-state index >= 15 is 0 Å². The molecule has 0 aromatic heterocycles. The summed E-state index contributed by atoms with van der Waals surface area (Å²) in [5, 5.41) is 3.18. The van der Waals surface area contributed by atoms with Gasteiger partial charge < -0.3 is 19.9 Å². The van der Waals surface area contributed by atoms with Crippen LogP contribution in [0.2, 0.25) is 0 Å². The number of hydrogen-bond donors (Lipinski definition) is 1. The van der Waals surface area contributed by atoms with Crippen LogP contribution in [0.3, 0.4) is 0 Å². The summed E-state index contributed by atoms with van der Waals surface area (Å²) in [6, 6.07) is 7.64. The molecule has 3 aliphatic heterocycles. The average Bonchev–Trinajstić information content (AvgIpc) is 3.14. The Hall–Kier alpha value is -1.75. The molecule has 0 unspecified atom stereocenters. The van der Waals surface area contributed by atoms with Crippen molar-refractivity contribution in [3.05, 3.63) is 29.3 Å². The maximum Gasteiger partial charge on any atom is 0.318 e. The molecular formula is C19H27N3O2. The summed E-state index contributed by atoms with van der Waals surface area (Å²) < 4.78 is 5.58. The standard InChI is InChI=1S/C19H27N3O2/c1-13(2)22-17-6-9-21(12-16(17)20-19(22)23)8-5-14-3-4-18-15(11-14)7-10-24-18/h3-4,11,13,16-17H,5-10,12H2,1-2H3,(H,20,23)/t16-,17+/m1/s1. The molecule has 2 atom stereocenters. The number of carbonyl (C=O) groups is 1. The molecule has 1 aromatic rings.